The standard InChI is InChI=1S/C20H23ClFN3O4S/c1-29-19-5-3-2-4-18(19)24-20(26)25-10-8-14(9-11-25)13-23-30(27,28)15-6-7-17(22)16(21)12-15/h2-7,12,14,23H,8-11,13H2,1H3,(H,24,26). The van der Waals surface area contributed by atoms with Crippen molar-refractivity contribution in [1.82, 2.24) is 9.62 Å². The summed E-state index contributed by atoms with van der Waals surface area (Å²) < 4.78 is 45.8. The first-order valence-corrected chi connectivity index (χ1v) is 11.3. The van der Waals surface area contributed by atoms with Crippen molar-refractivity contribution < 1.29 is 22.3 Å². The second-order valence-corrected chi connectivity index (χ2v) is 9.16. The molecule has 1 fully saturated rings. The van der Waals surface area contributed by atoms with Gasteiger partial charge in [-0.3, -0.25) is 0 Å². The number of methoxy groups -OCH3 is 1. The molecular formula is C20H23ClFN3O4S. The van der Waals surface area contributed by atoms with E-state index in [0.29, 0.717) is 37.4 Å². The third kappa shape index (κ3) is 5.41. The normalized spacial score (nSPS) is 15.1. The largest absolute Gasteiger partial charge is 0.495 e. The van der Waals surface area contributed by atoms with Crippen LogP contribution in [0.3, 0.4) is 0 Å². The Labute approximate surface area is 180 Å². The van der Waals surface area contributed by atoms with Gasteiger partial charge in [-0.15, -0.1) is 0 Å². The fourth-order valence-corrected chi connectivity index (χ4v) is 4.62. The Morgan fingerprint density at radius 2 is 1.93 bits per heavy atom. The Kier molecular flexibility index (Phi) is 7.17. The quantitative estimate of drug-likeness (QED) is 0.695. The zero-order valence-electron chi connectivity index (χ0n) is 16.4. The molecule has 1 aliphatic heterocycles. The molecule has 0 aromatic heterocycles. The SMILES string of the molecule is COc1ccccc1NC(=O)N1CCC(CNS(=O)(=O)c2ccc(F)c(Cl)c2)CC1. The van der Waals surface area contributed by atoms with Crippen LogP contribution in [-0.2, 0) is 10.0 Å². The van der Waals surface area contributed by atoms with Crippen molar-refractivity contribution in [2.24, 2.45) is 5.92 Å². The number of rotatable bonds is 6. The molecule has 7 nitrogen and oxygen atoms in total. The van der Waals surface area contributed by atoms with Gasteiger partial charge in [-0.2, -0.15) is 0 Å². The van der Waals surface area contributed by atoms with E-state index >= 15 is 0 Å². The average molecular weight is 456 g/mol. The molecule has 2 aromatic rings. The van der Waals surface area contributed by atoms with Gasteiger partial charge in [0.1, 0.15) is 11.6 Å². The molecule has 1 saturated heterocycles. The minimum absolute atomic E-state index is 0.0810. The lowest BCUT2D eigenvalue weighted by atomic mass is 9.97. The number of carbonyl (C=O) groups is 1. The Balaban J connectivity index is 1.50. The summed E-state index contributed by atoms with van der Waals surface area (Å²) in [6, 6.07) is 10.2. The molecule has 0 spiro atoms. The number of anilines is 1. The van der Waals surface area contributed by atoms with E-state index in [0.717, 1.165) is 12.1 Å². The van der Waals surface area contributed by atoms with Crippen molar-refractivity contribution in [2.45, 2.75) is 17.7 Å². The predicted molar refractivity (Wildman–Crippen MR) is 113 cm³/mol. The van der Waals surface area contributed by atoms with Crippen LogP contribution in [0.1, 0.15) is 12.8 Å². The van der Waals surface area contributed by atoms with E-state index in [9.17, 15) is 17.6 Å². The van der Waals surface area contributed by atoms with Crippen molar-refractivity contribution in [2.75, 3.05) is 32.1 Å². The number of halogens is 2. The lowest BCUT2D eigenvalue weighted by Crippen LogP contribution is -2.43. The van der Waals surface area contributed by atoms with Gasteiger partial charge in [0.2, 0.25) is 10.0 Å². The Hall–Kier alpha value is -2.36. The summed E-state index contributed by atoms with van der Waals surface area (Å²) in [5.74, 6) is -0.00330. The molecule has 0 saturated carbocycles. The monoisotopic (exact) mass is 455 g/mol. The van der Waals surface area contributed by atoms with Gasteiger partial charge < -0.3 is 15.0 Å². The lowest BCUT2D eigenvalue weighted by Gasteiger charge is -2.32. The zero-order chi connectivity index (χ0) is 21.7. The molecule has 2 aromatic carbocycles. The minimum atomic E-state index is -3.79. The van der Waals surface area contributed by atoms with Crippen LogP contribution in [0.4, 0.5) is 14.9 Å². The molecular weight excluding hydrogens is 433 g/mol. The van der Waals surface area contributed by atoms with Crippen LogP contribution >= 0.6 is 11.6 Å². The summed E-state index contributed by atoms with van der Waals surface area (Å²) in [4.78, 5) is 14.1. The van der Waals surface area contributed by atoms with Gasteiger partial charge in [-0.05, 0) is 49.1 Å². The number of nitrogens with zero attached hydrogens (tertiary/aromatic N) is 1. The van der Waals surface area contributed by atoms with E-state index in [2.05, 4.69) is 10.0 Å². The highest BCUT2D eigenvalue weighted by atomic mass is 35.5. The summed E-state index contributed by atoms with van der Waals surface area (Å²) in [6.45, 7) is 1.25. The molecule has 0 radical (unpaired) electrons. The van der Waals surface area contributed by atoms with E-state index in [4.69, 9.17) is 16.3 Å². The molecule has 2 amide bonds. The number of piperidine rings is 1. The van der Waals surface area contributed by atoms with Gasteiger partial charge in [-0.25, -0.2) is 22.3 Å². The number of likely N-dealkylation sites (tertiary alicyclic amines) is 1. The topological polar surface area (TPSA) is 87.7 Å². The Morgan fingerprint density at radius 3 is 2.60 bits per heavy atom. The second kappa shape index (κ2) is 9.63. The van der Waals surface area contributed by atoms with E-state index < -0.39 is 15.8 Å². The Bertz CT molecular complexity index is 1010. The van der Waals surface area contributed by atoms with Crippen molar-refractivity contribution in [3.63, 3.8) is 0 Å². The maximum atomic E-state index is 13.3. The predicted octanol–water partition coefficient (Wildman–Crippen LogP) is 3.71. The summed E-state index contributed by atoms with van der Waals surface area (Å²) >= 11 is 5.67. The summed E-state index contributed by atoms with van der Waals surface area (Å²) in [5.41, 5.74) is 0.595. The first-order chi connectivity index (χ1) is 14.3. The lowest BCUT2D eigenvalue weighted by molar-refractivity contribution is 0.183. The molecule has 3 rings (SSSR count). The molecule has 0 atom stereocenters. The van der Waals surface area contributed by atoms with Crippen molar-refractivity contribution in [3.05, 3.63) is 53.3 Å². The highest BCUT2D eigenvalue weighted by Gasteiger charge is 2.25. The van der Waals surface area contributed by atoms with E-state index in [1.54, 1.807) is 17.0 Å². The van der Waals surface area contributed by atoms with E-state index in [1.807, 2.05) is 12.1 Å². The highest BCUT2D eigenvalue weighted by molar-refractivity contribution is 7.89. The number of carbonyl (C=O) groups excluding carboxylic acids is 1. The molecule has 1 aliphatic rings. The fraction of sp³-hybridized carbons (Fsp3) is 0.350. The minimum Gasteiger partial charge on any atom is -0.495 e. The number of urea groups is 1. The van der Waals surface area contributed by atoms with Gasteiger partial charge in [0.15, 0.2) is 0 Å². The van der Waals surface area contributed by atoms with Crippen molar-refractivity contribution >= 4 is 33.3 Å². The third-order valence-corrected chi connectivity index (χ3v) is 6.72. The average Bonchev–Trinajstić information content (AvgIpc) is 2.75. The number of ether oxygens (including phenoxy) is 1. The number of hydrogen-bond donors (Lipinski definition) is 2. The number of amides is 2. The van der Waals surface area contributed by atoms with E-state index in [-0.39, 0.29) is 28.4 Å². The van der Waals surface area contributed by atoms with Crippen molar-refractivity contribution in [1.29, 1.82) is 0 Å². The number of sulfonamides is 1. The van der Waals surface area contributed by atoms with Crippen LogP contribution in [0, 0.1) is 11.7 Å². The molecule has 10 heteroatoms. The number of para-hydroxylation sites is 2. The molecule has 0 aliphatic carbocycles. The molecule has 162 valence electrons. The Morgan fingerprint density at radius 1 is 1.23 bits per heavy atom. The molecule has 2 N–H and O–H groups in total. The maximum absolute atomic E-state index is 13.3. The van der Waals surface area contributed by atoms with Crippen LogP contribution in [0.15, 0.2) is 47.4 Å². The number of benzene rings is 2. The van der Waals surface area contributed by atoms with Gasteiger partial charge >= 0.3 is 6.03 Å². The summed E-state index contributed by atoms with van der Waals surface area (Å²) in [5, 5.41) is 2.60. The van der Waals surface area contributed by atoms with Crippen LogP contribution in [0.2, 0.25) is 5.02 Å². The first-order valence-electron chi connectivity index (χ1n) is 9.44. The van der Waals surface area contributed by atoms with Crippen LogP contribution in [-0.4, -0.2) is 46.1 Å². The van der Waals surface area contributed by atoms with Gasteiger partial charge in [-0.1, -0.05) is 23.7 Å². The summed E-state index contributed by atoms with van der Waals surface area (Å²) in [6.07, 6.45) is 1.32. The zero-order valence-corrected chi connectivity index (χ0v) is 18.0. The van der Waals surface area contributed by atoms with Gasteiger partial charge in [0, 0.05) is 19.6 Å². The van der Waals surface area contributed by atoms with Gasteiger partial charge in [0.25, 0.3) is 0 Å². The number of nitrogens with one attached hydrogen (secondary N) is 2. The third-order valence-electron chi connectivity index (χ3n) is 5.01. The maximum Gasteiger partial charge on any atom is 0.321 e. The second-order valence-electron chi connectivity index (χ2n) is 6.99. The van der Waals surface area contributed by atoms with Crippen LogP contribution in [0.5, 0.6) is 5.75 Å². The van der Waals surface area contributed by atoms with Crippen LogP contribution < -0.4 is 14.8 Å². The van der Waals surface area contributed by atoms with Crippen LogP contribution in [0.25, 0.3) is 0 Å². The first kappa shape index (κ1) is 22.3. The molecule has 1 heterocycles. The number of hydrogen-bond acceptors (Lipinski definition) is 4. The highest BCUT2D eigenvalue weighted by Crippen LogP contribution is 2.25. The van der Waals surface area contributed by atoms with Gasteiger partial charge in [0.05, 0.1) is 22.7 Å². The molecule has 30 heavy (non-hydrogen) atoms. The fourth-order valence-electron chi connectivity index (χ4n) is 3.24. The van der Waals surface area contributed by atoms with Crippen molar-refractivity contribution in [3.8, 4) is 5.75 Å². The summed E-state index contributed by atoms with van der Waals surface area (Å²) in [7, 11) is -2.25. The molecule has 0 unspecified atom stereocenters. The molecule has 0 bridgehead atoms. The smallest absolute Gasteiger partial charge is 0.321 e. The van der Waals surface area contributed by atoms with E-state index in [1.165, 1.54) is 13.2 Å².